The summed E-state index contributed by atoms with van der Waals surface area (Å²) in [7, 11) is 0. The third kappa shape index (κ3) is 1.93. The van der Waals surface area contributed by atoms with Gasteiger partial charge in [0.2, 0.25) is 17.5 Å². The Morgan fingerprint density at radius 2 is 2.11 bits per heavy atom. The second-order valence-corrected chi connectivity index (χ2v) is 4.03. The second kappa shape index (κ2) is 4.70. The van der Waals surface area contributed by atoms with Crippen molar-refractivity contribution in [3.05, 3.63) is 40.3 Å². The molecule has 1 amide bonds. The number of halogens is 1. The predicted octanol–water partition coefficient (Wildman–Crippen LogP) is 1.44. The van der Waals surface area contributed by atoms with Gasteiger partial charge in [-0.1, -0.05) is 18.5 Å². The van der Waals surface area contributed by atoms with Crippen LogP contribution in [-0.2, 0) is 4.79 Å². The van der Waals surface area contributed by atoms with Gasteiger partial charge in [0.1, 0.15) is 16.4 Å². The van der Waals surface area contributed by atoms with E-state index in [9.17, 15) is 14.4 Å². The van der Waals surface area contributed by atoms with Gasteiger partial charge in [0, 0.05) is 12.6 Å². The van der Waals surface area contributed by atoms with Crippen LogP contribution < -0.4 is 5.32 Å². The van der Waals surface area contributed by atoms with Crippen LogP contribution in [0, 0.1) is 0 Å². The molecule has 0 unspecified atom stereocenters. The number of nitrogens with zero attached hydrogens (tertiary/aromatic N) is 1. The highest BCUT2D eigenvalue weighted by atomic mass is 35.5. The number of hydrogen-bond acceptors (Lipinski definition) is 4. The fraction of sp³-hybridized carbons (Fsp3) is 0.167. The summed E-state index contributed by atoms with van der Waals surface area (Å²) in [4.78, 5) is 39.1. The molecule has 1 aromatic heterocycles. The van der Waals surface area contributed by atoms with Crippen molar-refractivity contribution in [1.29, 1.82) is 0 Å². The number of fused-ring (bicyclic) bond motifs is 1. The molecule has 0 saturated heterocycles. The average Bonchev–Trinajstić information content (AvgIpc) is 2.40. The monoisotopic (exact) mass is 264 g/mol. The van der Waals surface area contributed by atoms with Crippen LogP contribution in [0.4, 0.5) is 0 Å². The summed E-state index contributed by atoms with van der Waals surface area (Å²) in [6, 6.07) is 3.02. The number of carbonyl (C=O) groups is 3. The Bertz CT molecular complexity index is 593. The van der Waals surface area contributed by atoms with Crippen molar-refractivity contribution >= 4 is 29.1 Å². The number of ketones is 2. The molecule has 1 aliphatic rings. The van der Waals surface area contributed by atoms with Crippen LogP contribution in [0.3, 0.4) is 0 Å². The molecule has 1 aromatic rings. The third-order valence-electron chi connectivity index (χ3n) is 2.50. The molecule has 1 N–H and O–H groups in total. The van der Waals surface area contributed by atoms with E-state index < -0.39 is 11.6 Å². The maximum atomic E-state index is 12.1. The van der Waals surface area contributed by atoms with E-state index in [2.05, 4.69) is 10.3 Å². The first-order valence-electron chi connectivity index (χ1n) is 5.30. The molecule has 6 heteroatoms. The van der Waals surface area contributed by atoms with E-state index in [1.165, 1.54) is 12.3 Å². The Morgan fingerprint density at radius 3 is 2.78 bits per heavy atom. The van der Waals surface area contributed by atoms with Gasteiger partial charge in [-0.2, -0.15) is 0 Å². The number of rotatable bonds is 2. The zero-order valence-corrected chi connectivity index (χ0v) is 10.2. The summed E-state index contributed by atoms with van der Waals surface area (Å²) in [6.07, 6.45) is 1.60. The minimum atomic E-state index is -0.557. The van der Waals surface area contributed by atoms with Crippen molar-refractivity contribution in [2.24, 2.45) is 0 Å². The van der Waals surface area contributed by atoms with Crippen molar-refractivity contribution in [2.75, 3.05) is 0 Å². The van der Waals surface area contributed by atoms with Crippen LogP contribution in [0.15, 0.2) is 29.1 Å². The summed E-state index contributed by atoms with van der Waals surface area (Å²) in [5.74, 6) is -1.43. The molecule has 0 spiro atoms. The smallest absolute Gasteiger partial charge is 0.225 e. The lowest BCUT2D eigenvalue weighted by atomic mass is 9.97. The number of Topliss-reactive ketones (excluding diaryl/α,β-unsaturated/α-hetero) is 2. The molecule has 92 valence electrons. The summed E-state index contributed by atoms with van der Waals surface area (Å²) < 4.78 is 0. The molecule has 1 aliphatic carbocycles. The van der Waals surface area contributed by atoms with Crippen LogP contribution >= 0.6 is 11.6 Å². The SMILES string of the molecule is CCC(=O)NC1=C(Cl)C(=O)c2ncccc2C1=O. The molecule has 0 bridgehead atoms. The number of allylic oxidation sites excluding steroid dienone is 2. The van der Waals surface area contributed by atoms with Crippen LogP contribution in [-0.4, -0.2) is 22.5 Å². The average molecular weight is 265 g/mol. The molecule has 0 aromatic carbocycles. The molecule has 0 saturated carbocycles. The van der Waals surface area contributed by atoms with Crippen LogP contribution in [0.5, 0.6) is 0 Å². The second-order valence-electron chi connectivity index (χ2n) is 3.65. The Labute approximate surface area is 108 Å². The van der Waals surface area contributed by atoms with Crippen molar-refractivity contribution in [2.45, 2.75) is 13.3 Å². The fourth-order valence-electron chi connectivity index (χ4n) is 1.56. The summed E-state index contributed by atoms with van der Waals surface area (Å²) >= 11 is 5.81. The molecule has 0 atom stereocenters. The fourth-order valence-corrected chi connectivity index (χ4v) is 1.78. The highest BCUT2D eigenvalue weighted by Gasteiger charge is 2.33. The topological polar surface area (TPSA) is 76.1 Å². The first-order valence-corrected chi connectivity index (χ1v) is 5.68. The molecule has 0 radical (unpaired) electrons. The largest absolute Gasteiger partial charge is 0.321 e. The Balaban J connectivity index is 2.50. The summed E-state index contributed by atoms with van der Waals surface area (Å²) in [5, 5.41) is 2.05. The summed E-state index contributed by atoms with van der Waals surface area (Å²) in [5.41, 5.74) is -0.00526. The number of hydrogen-bond donors (Lipinski definition) is 1. The van der Waals surface area contributed by atoms with Crippen molar-refractivity contribution in [3.8, 4) is 0 Å². The molecule has 1 heterocycles. The Kier molecular flexibility index (Phi) is 3.25. The molecule has 2 rings (SSSR count). The lowest BCUT2D eigenvalue weighted by Crippen LogP contribution is -2.33. The van der Waals surface area contributed by atoms with Crippen molar-refractivity contribution in [1.82, 2.24) is 10.3 Å². The highest BCUT2D eigenvalue weighted by molar-refractivity contribution is 6.49. The van der Waals surface area contributed by atoms with E-state index in [-0.39, 0.29) is 34.3 Å². The Hall–Kier alpha value is -2.01. The lowest BCUT2D eigenvalue weighted by Gasteiger charge is -2.16. The van der Waals surface area contributed by atoms with Crippen LogP contribution in [0.1, 0.15) is 34.2 Å². The first-order chi connectivity index (χ1) is 8.56. The maximum absolute atomic E-state index is 12.1. The third-order valence-corrected chi connectivity index (χ3v) is 2.86. The number of nitrogens with one attached hydrogen (secondary N) is 1. The lowest BCUT2D eigenvalue weighted by molar-refractivity contribution is -0.120. The van der Waals surface area contributed by atoms with E-state index in [4.69, 9.17) is 11.6 Å². The minimum absolute atomic E-state index is 0.0157. The zero-order valence-electron chi connectivity index (χ0n) is 9.49. The van der Waals surface area contributed by atoms with Gasteiger partial charge >= 0.3 is 0 Å². The normalized spacial score (nSPS) is 14.6. The van der Waals surface area contributed by atoms with Gasteiger partial charge in [0.25, 0.3) is 0 Å². The van der Waals surface area contributed by atoms with Crippen molar-refractivity contribution < 1.29 is 14.4 Å². The highest BCUT2D eigenvalue weighted by Crippen LogP contribution is 2.25. The molecular formula is C12H9ClN2O3. The number of carbonyl (C=O) groups excluding carboxylic acids is 3. The summed E-state index contributed by atoms with van der Waals surface area (Å²) in [6.45, 7) is 1.63. The molecule has 0 aliphatic heterocycles. The predicted molar refractivity (Wildman–Crippen MR) is 64.2 cm³/mol. The molecule has 0 fully saturated rings. The van der Waals surface area contributed by atoms with E-state index in [0.29, 0.717) is 0 Å². The number of amides is 1. The van der Waals surface area contributed by atoms with Gasteiger partial charge < -0.3 is 5.32 Å². The number of aromatic nitrogens is 1. The molecular weight excluding hydrogens is 256 g/mol. The minimum Gasteiger partial charge on any atom is -0.321 e. The number of pyridine rings is 1. The molecule has 18 heavy (non-hydrogen) atoms. The van der Waals surface area contributed by atoms with E-state index in [1.54, 1.807) is 13.0 Å². The standard InChI is InChI=1S/C12H9ClN2O3/c1-2-7(16)15-10-8(13)12(18)9-6(11(10)17)4-3-5-14-9/h3-5H,2H2,1H3,(H,15,16). The van der Waals surface area contributed by atoms with E-state index in [0.717, 1.165) is 0 Å². The maximum Gasteiger partial charge on any atom is 0.225 e. The van der Waals surface area contributed by atoms with Crippen LogP contribution in [0.2, 0.25) is 0 Å². The van der Waals surface area contributed by atoms with Crippen LogP contribution in [0.25, 0.3) is 0 Å². The van der Waals surface area contributed by atoms with E-state index >= 15 is 0 Å². The van der Waals surface area contributed by atoms with Gasteiger partial charge in [-0.25, -0.2) is 0 Å². The van der Waals surface area contributed by atoms with Gasteiger partial charge in [-0.3, -0.25) is 19.4 Å². The molecule has 5 nitrogen and oxygen atoms in total. The quantitative estimate of drug-likeness (QED) is 0.877. The zero-order chi connectivity index (χ0) is 13.3. The Morgan fingerprint density at radius 1 is 1.39 bits per heavy atom. The van der Waals surface area contributed by atoms with Gasteiger partial charge in [-0.05, 0) is 12.1 Å². The van der Waals surface area contributed by atoms with Gasteiger partial charge in [-0.15, -0.1) is 0 Å². The van der Waals surface area contributed by atoms with Crippen molar-refractivity contribution in [3.63, 3.8) is 0 Å². The first kappa shape index (κ1) is 12.4. The van der Waals surface area contributed by atoms with E-state index in [1.807, 2.05) is 0 Å². The van der Waals surface area contributed by atoms with Gasteiger partial charge in [0.05, 0.1) is 5.56 Å². The van der Waals surface area contributed by atoms with Gasteiger partial charge in [0.15, 0.2) is 0 Å².